The maximum Gasteiger partial charge on any atom is 0.280 e. The molecule has 0 spiro atoms. The molecule has 2 N–H and O–H groups in total. The Morgan fingerprint density at radius 1 is 1.26 bits per heavy atom. The Morgan fingerprint density at radius 3 is 2.61 bits per heavy atom. The van der Waals surface area contributed by atoms with Gasteiger partial charge in [0.1, 0.15) is 5.76 Å². The summed E-state index contributed by atoms with van der Waals surface area (Å²) in [7, 11) is -3.16. The van der Waals surface area contributed by atoms with E-state index in [1.807, 2.05) is 12.1 Å². The SMILES string of the molecule is CS(=O)(=O)c1ccc(C[C@H]2C[C@@H](c3cc(=O)[nH]o3)CCN2)cc1. The number of rotatable bonds is 4. The van der Waals surface area contributed by atoms with Gasteiger partial charge in [0.25, 0.3) is 5.56 Å². The number of hydrogen-bond acceptors (Lipinski definition) is 5. The number of aromatic nitrogens is 1. The summed E-state index contributed by atoms with van der Waals surface area (Å²) in [6.45, 7) is 0.867. The van der Waals surface area contributed by atoms with Gasteiger partial charge in [0.05, 0.1) is 4.90 Å². The third-order valence-electron chi connectivity index (χ3n) is 4.27. The standard InChI is InChI=1S/C16H20N2O4S/c1-23(20,21)14-4-2-11(3-5-14)8-13-9-12(6-7-17-13)15-10-16(19)18-22-15/h2-5,10,12-13,17H,6-9H2,1H3,(H,18,19)/t12-,13-/m0/s1. The summed E-state index contributed by atoms with van der Waals surface area (Å²) in [4.78, 5) is 11.5. The van der Waals surface area contributed by atoms with Crippen LogP contribution in [0.5, 0.6) is 0 Å². The number of aromatic amines is 1. The zero-order valence-electron chi connectivity index (χ0n) is 12.9. The molecule has 0 unspecified atom stereocenters. The monoisotopic (exact) mass is 336 g/mol. The highest BCUT2D eigenvalue weighted by atomic mass is 32.2. The molecule has 0 amide bonds. The largest absolute Gasteiger partial charge is 0.383 e. The molecular weight excluding hydrogens is 316 g/mol. The van der Waals surface area contributed by atoms with Gasteiger partial charge < -0.3 is 9.84 Å². The van der Waals surface area contributed by atoms with E-state index in [1.165, 1.54) is 12.3 Å². The molecule has 2 heterocycles. The molecule has 0 saturated carbocycles. The Kier molecular flexibility index (Phi) is 4.41. The molecule has 23 heavy (non-hydrogen) atoms. The summed E-state index contributed by atoms with van der Waals surface area (Å²) in [6, 6.07) is 8.81. The van der Waals surface area contributed by atoms with Crippen LogP contribution >= 0.6 is 0 Å². The van der Waals surface area contributed by atoms with Gasteiger partial charge in [-0.15, -0.1) is 0 Å². The van der Waals surface area contributed by atoms with Crippen LogP contribution in [0.15, 0.2) is 44.5 Å². The zero-order valence-corrected chi connectivity index (χ0v) is 13.7. The zero-order chi connectivity index (χ0) is 16.4. The van der Waals surface area contributed by atoms with Gasteiger partial charge in [-0.05, 0) is 43.5 Å². The van der Waals surface area contributed by atoms with Crippen LogP contribution in [0.4, 0.5) is 0 Å². The van der Waals surface area contributed by atoms with E-state index in [-0.39, 0.29) is 17.5 Å². The molecule has 1 fully saturated rings. The molecule has 1 aromatic carbocycles. The van der Waals surface area contributed by atoms with Crippen molar-refractivity contribution in [2.45, 2.75) is 36.1 Å². The van der Waals surface area contributed by atoms with Crippen molar-refractivity contribution in [3.63, 3.8) is 0 Å². The highest BCUT2D eigenvalue weighted by Crippen LogP contribution is 2.28. The Hall–Kier alpha value is -1.86. The van der Waals surface area contributed by atoms with Crippen LogP contribution in [0.3, 0.4) is 0 Å². The second-order valence-electron chi connectivity index (χ2n) is 6.11. The van der Waals surface area contributed by atoms with Crippen molar-refractivity contribution in [1.82, 2.24) is 10.5 Å². The minimum absolute atomic E-state index is 0.202. The molecule has 0 radical (unpaired) electrons. The molecule has 0 aliphatic carbocycles. The fourth-order valence-corrected chi connectivity index (χ4v) is 3.71. The highest BCUT2D eigenvalue weighted by molar-refractivity contribution is 7.90. The Balaban J connectivity index is 1.67. The van der Waals surface area contributed by atoms with Crippen molar-refractivity contribution in [1.29, 1.82) is 0 Å². The van der Waals surface area contributed by atoms with Gasteiger partial charge in [-0.2, -0.15) is 5.16 Å². The van der Waals surface area contributed by atoms with Gasteiger partial charge in [-0.1, -0.05) is 12.1 Å². The predicted octanol–water partition coefficient (Wildman–Crippen LogP) is 1.45. The molecule has 6 nitrogen and oxygen atoms in total. The molecule has 2 atom stereocenters. The summed E-state index contributed by atoms with van der Waals surface area (Å²) >= 11 is 0. The molecule has 0 bridgehead atoms. The first-order chi connectivity index (χ1) is 10.9. The van der Waals surface area contributed by atoms with Crippen LogP contribution in [0.1, 0.15) is 30.1 Å². The summed E-state index contributed by atoms with van der Waals surface area (Å²) in [5, 5.41) is 5.81. The number of H-pyrrole nitrogens is 1. The van der Waals surface area contributed by atoms with E-state index in [1.54, 1.807) is 12.1 Å². The summed E-state index contributed by atoms with van der Waals surface area (Å²) in [5.41, 5.74) is 0.887. The van der Waals surface area contributed by atoms with Gasteiger partial charge in [0, 0.05) is 24.3 Å². The van der Waals surface area contributed by atoms with E-state index in [2.05, 4.69) is 10.5 Å². The lowest BCUT2D eigenvalue weighted by molar-refractivity contribution is 0.292. The Labute approximate surface area is 134 Å². The van der Waals surface area contributed by atoms with Gasteiger partial charge in [-0.25, -0.2) is 8.42 Å². The lowest BCUT2D eigenvalue weighted by atomic mass is 9.87. The average Bonchev–Trinajstić information content (AvgIpc) is 2.94. The van der Waals surface area contributed by atoms with Crippen LogP contribution in [-0.2, 0) is 16.3 Å². The van der Waals surface area contributed by atoms with Crippen LogP contribution in [0.2, 0.25) is 0 Å². The average molecular weight is 336 g/mol. The number of benzene rings is 1. The first-order valence-corrected chi connectivity index (χ1v) is 9.52. The highest BCUT2D eigenvalue weighted by Gasteiger charge is 2.25. The van der Waals surface area contributed by atoms with E-state index in [9.17, 15) is 13.2 Å². The van der Waals surface area contributed by atoms with E-state index in [0.29, 0.717) is 10.7 Å². The first kappa shape index (κ1) is 16.0. The summed E-state index contributed by atoms with van der Waals surface area (Å²) in [6.07, 6.45) is 3.84. The smallest absolute Gasteiger partial charge is 0.280 e. The molecule has 2 aromatic rings. The maximum atomic E-state index is 11.5. The van der Waals surface area contributed by atoms with Gasteiger partial charge >= 0.3 is 0 Å². The number of nitrogens with one attached hydrogen (secondary N) is 2. The second-order valence-corrected chi connectivity index (χ2v) is 8.12. The van der Waals surface area contributed by atoms with Gasteiger partial charge in [-0.3, -0.25) is 4.79 Å². The molecule has 1 aromatic heterocycles. The fourth-order valence-electron chi connectivity index (χ4n) is 3.08. The third-order valence-corrected chi connectivity index (χ3v) is 5.40. The predicted molar refractivity (Wildman–Crippen MR) is 86.4 cm³/mol. The molecular formula is C16H20N2O4S. The molecule has 3 rings (SSSR count). The normalized spacial score (nSPS) is 22.1. The maximum absolute atomic E-state index is 11.5. The number of sulfone groups is 1. The Bertz CT molecular complexity index is 820. The van der Waals surface area contributed by atoms with Crippen LogP contribution in [0.25, 0.3) is 0 Å². The minimum atomic E-state index is -3.16. The molecule has 124 valence electrons. The minimum Gasteiger partial charge on any atom is -0.383 e. The van der Waals surface area contributed by atoms with Crippen LogP contribution in [-0.4, -0.2) is 32.4 Å². The lowest BCUT2D eigenvalue weighted by Gasteiger charge is -2.29. The number of piperidine rings is 1. The van der Waals surface area contributed by atoms with E-state index >= 15 is 0 Å². The van der Waals surface area contributed by atoms with Crippen molar-refractivity contribution in [2.75, 3.05) is 12.8 Å². The quantitative estimate of drug-likeness (QED) is 0.881. The van der Waals surface area contributed by atoms with E-state index in [4.69, 9.17) is 4.52 Å². The number of hydrogen-bond donors (Lipinski definition) is 2. The van der Waals surface area contributed by atoms with Gasteiger partial charge in [0.15, 0.2) is 9.84 Å². The summed E-state index contributed by atoms with van der Waals surface area (Å²) < 4.78 is 28.2. The third kappa shape index (κ3) is 3.92. The fraction of sp³-hybridized carbons (Fsp3) is 0.438. The molecule has 1 aliphatic rings. The van der Waals surface area contributed by atoms with Crippen molar-refractivity contribution >= 4 is 9.84 Å². The van der Waals surface area contributed by atoms with Crippen molar-refractivity contribution in [3.8, 4) is 0 Å². The molecule has 1 saturated heterocycles. The van der Waals surface area contributed by atoms with Crippen molar-refractivity contribution < 1.29 is 12.9 Å². The second kappa shape index (κ2) is 6.33. The van der Waals surface area contributed by atoms with Gasteiger partial charge in [0.2, 0.25) is 0 Å². The van der Waals surface area contributed by atoms with Crippen LogP contribution in [0, 0.1) is 0 Å². The van der Waals surface area contributed by atoms with E-state index < -0.39 is 9.84 Å². The lowest BCUT2D eigenvalue weighted by Crippen LogP contribution is -2.38. The Morgan fingerprint density at radius 2 is 2.00 bits per heavy atom. The van der Waals surface area contributed by atoms with E-state index in [0.717, 1.165) is 31.4 Å². The van der Waals surface area contributed by atoms with Crippen molar-refractivity contribution in [3.05, 3.63) is 52.0 Å². The molecule has 7 heteroatoms. The van der Waals surface area contributed by atoms with Crippen molar-refractivity contribution in [2.24, 2.45) is 0 Å². The topological polar surface area (TPSA) is 92.2 Å². The first-order valence-electron chi connectivity index (χ1n) is 7.62. The molecule has 1 aliphatic heterocycles. The van der Waals surface area contributed by atoms with Crippen LogP contribution < -0.4 is 10.9 Å². The summed E-state index contributed by atoms with van der Waals surface area (Å²) in [5.74, 6) is 0.949.